The van der Waals surface area contributed by atoms with Crippen LogP contribution < -0.4 is 0 Å². The van der Waals surface area contributed by atoms with Gasteiger partial charge in [0.05, 0.1) is 6.10 Å². The van der Waals surface area contributed by atoms with E-state index in [9.17, 15) is 14.3 Å². The molecule has 22 heavy (non-hydrogen) atoms. The smallest absolute Gasteiger partial charge is 0.139 e. The van der Waals surface area contributed by atoms with Crippen LogP contribution in [-0.2, 0) is 4.79 Å². The summed E-state index contributed by atoms with van der Waals surface area (Å²) in [6.45, 7) is 4.41. The van der Waals surface area contributed by atoms with Crippen LogP contribution in [0.3, 0.4) is 0 Å². The molecule has 4 aliphatic rings. The van der Waals surface area contributed by atoms with E-state index in [1.54, 1.807) is 0 Å². The van der Waals surface area contributed by atoms with Crippen LogP contribution in [0.2, 0.25) is 0 Å². The molecule has 0 spiro atoms. The van der Waals surface area contributed by atoms with Gasteiger partial charge >= 0.3 is 0 Å². The molecule has 3 heteroatoms. The molecular formula is C19H27FO2. The van der Waals surface area contributed by atoms with E-state index in [0.29, 0.717) is 36.9 Å². The summed E-state index contributed by atoms with van der Waals surface area (Å²) in [4.78, 5) is 12.4. The van der Waals surface area contributed by atoms with Crippen LogP contribution in [0, 0.1) is 28.6 Å². The molecule has 7 atom stereocenters. The summed E-state index contributed by atoms with van der Waals surface area (Å²) in [5, 5.41) is 10.8. The number of carbonyl (C=O) groups is 1. The zero-order valence-corrected chi connectivity index (χ0v) is 13.6. The minimum atomic E-state index is -0.745. The van der Waals surface area contributed by atoms with Crippen LogP contribution in [0.25, 0.3) is 0 Å². The van der Waals surface area contributed by atoms with E-state index < -0.39 is 12.3 Å². The molecule has 4 rings (SSSR count). The van der Waals surface area contributed by atoms with Crippen molar-refractivity contribution in [3.8, 4) is 0 Å². The van der Waals surface area contributed by atoms with Crippen molar-refractivity contribution in [3.63, 3.8) is 0 Å². The van der Waals surface area contributed by atoms with Crippen LogP contribution in [0.5, 0.6) is 0 Å². The van der Waals surface area contributed by atoms with Crippen molar-refractivity contribution in [1.82, 2.24) is 0 Å². The molecule has 0 aliphatic heterocycles. The Morgan fingerprint density at radius 3 is 2.59 bits per heavy atom. The lowest BCUT2D eigenvalue weighted by molar-refractivity contribution is -0.135. The first-order chi connectivity index (χ1) is 10.4. The third-order valence-electron chi connectivity index (χ3n) is 7.78. The first-order valence-corrected chi connectivity index (χ1v) is 8.93. The maximum atomic E-state index is 13.8. The largest absolute Gasteiger partial charge is 0.389 e. The Labute approximate surface area is 132 Å². The quantitative estimate of drug-likeness (QED) is 0.691. The fourth-order valence-corrected chi connectivity index (χ4v) is 6.38. The van der Waals surface area contributed by atoms with E-state index in [0.717, 1.165) is 31.3 Å². The standard InChI is InChI=1S/C19H27FO2/c1-18-7-5-12(20)9-11(18)10-15(21)17-13-3-4-16(22)19(13,2)8-6-14(17)18/h10,12-15,17,21H,3-9H2,1-2H3/t12?,13-,14-,15-,17-,18-,19-/m0/s1. The van der Waals surface area contributed by atoms with Gasteiger partial charge in [-0.1, -0.05) is 25.5 Å². The topological polar surface area (TPSA) is 37.3 Å². The Morgan fingerprint density at radius 1 is 1.14 bits per heavy atom. The van der Waals surface area contributed by atoms with E-state index >= 15 is 0 Å². The maximum Gasteiger partial charge on any atom is 0.139 e. The molecule has 3 fully saturated rings. The van der Waals surface area contributed by atoms with Gasteiger partial charge in [-0.15, -0.1) is 0 Å². The number of allylic oxidation sites excluding steroid dienone is 1. The highest BCUT2D eigenvalue weighted by Gasteiger charge is 2.60. The van der Waals surface area contributed by atoms with Crippen molar-refractivity contribution in [2.75, 3.05) is 0 Å². The van der Waals surface area contributed by atoms with Crippen LogP contribution in [0.15, 0.2) is 11.6 Å². The van der Waals surface area contributed by atoms with Gasteiger partial charge in [-0.25, -0.2) is 4.39 Å². The predicted molar refractivity (Wildman–Crippen MR) is 83.0 cm³/mol. The molecule has 0 amide bonds. The first-order valence-electron chi connectivity index (χ1n) is 8.93. The molecule has 0 bridgehead atoms. The number of hydrogen-bond donors (Lipinski definition) is 1. The number of fused-ring (bicyclic) bond motifs is 5. The lowest BCUT2D eigenvalue weighted by atomic mass is 9.47. The molecule has 0 saturated heterocycles. The average molecular weight is 306 g/mol. The maximum absolute atomic E-state index is 13.8. The summed E-state index contributed by atoms with van der Waals surface area (Å²) in [5.74, 6) is 1.32. The molecule has 4 aliphatic carbocycles. The number of aliphatic hydroxyl groups is 1. The molecule has 0 radical (unpaired) electrons. The highest BCUT2D eigenvalue weighted by Crippen LogP contribution is 2.64. The molecule has 1 unspecified atom stereocenters. The minimum Gasteiger partial charge on any atom is -0.389 e. The Kier molecular flexibility index (Phi) is 3.15. The lowest BCUT2D eigenvalue weighted by Gasteiger charge is -2.57. The summed E-state index contributed by atoms with van der Waals surface area (Å²) in [6, 6.07) is 0. The second kappa shape index (κ2) is 4.66. The van der Waals surface area contributed by atoms with E-state index in [1.165, 1.54) is 0 Å². The number of Topliss-reactive ketones (excluding diaryl/α,β-unsaturated/α-hetero) is 1. The van der Waals surface area contributed by atoms with Gasteiger partial charge in [0.15, 0.2) is 0 Å². The van der Waals surface area contributed by atoms with E-state index in [1.807, 2.05) is 6.08 Å². The molecular weight excluding hydrogens is 279 g/mol. The SMILES string of the molecule is C[C@]12CCC(F)CC1=C[C@H](O)[C@@H]1[C@@H]2CC[C@]2(C)C(=O)CC[C@@H]12. The van der Waals surface area contributed by atoms with Crippen LogP contribution in [-0.4, -0.2) is 23.2 Å². The van der Waals surface area contributed by atoms with Crippen LogP contribution >= 0.6 is 0 Å². The number of alkyl halides is 1. The molecule has 0 aromatic carbocycles. The molecule has 3 saturated carbocycles. The van der Waals surface area contributed by atoms with Gasteiger partial charge in [0, 0.05) is 18.3 Å². The van der Waals surface area contributed by atoms with Gasteiger partial charge in [0.25, 0.3) is 0 Å². The van der Waals surface area contributed by atoms with Crippen molar-refractivity contribution in [1.29, 1.82) is 0 Å². The molecule has 2 nitrogen and oxygen atoms in total. The molecule has 0 heterocycles. The monoisotopic (exact) mass is 306 g/mol. The van der Waals surface area contributed by atoms with Crippen molar-refractivity contribution in [3.05, 3.63) is 11.6 Å². The summed E-state index contributed by atoms with van der Waals surface area (Å²) >= 11 is 0. The van der Waals surface area contributed by atoms with E-state index in [-0.39, 0.29) is 16.7 Å². The Balaban J connectivity index is 1.75. The van der Waals surface area contributed by atoms with Gasteiger partial charge in [-0.2, -0.15) is 0 Å². The van der Waals surface area contributed by atoms with Crippen molar-refractivity contribution < 1.29 is 14.3 Å². The molecule has 0 aromatic rings. The third-order valence-corrected chi connectivity index (χ3v) is 7.78. The van der Waals surface area contributed by atoms with E-state index in [2.05, 4.69) is 13.8 Å². The van der Waals surface area contributed by atoms with Gasteiger partial charge in [0.1, 0.15) is 12.0 Å². The highest BCUT2D eigenvalue weighted by atomic mass is 19.1. The van der Waals surface area contributed by atoms with Gasteiger partial charge in [-0.05, 0) is 55.3 Å². The second-order valence-electron chi connectivity index (χ2n) is 8.65. The summed E-state index contributed by atoms with van der Waals surface area (Å²) in [5.41, 5.74) is 0.966. The van der Waals surface area contributed by atoms with Crippen LogP contribution in [0.1, 0.15) is 58.8 Å². The third kappa shape index (κ3) is 1.78. The average Bonchev–Trinajstić information content (AvgIpc) is 2.77. The zero-order valence-electron chi connectivity index (χ0n) is 13.6. The van der Waals surface area contributed by atoms with Crippen molar-refractivity contribution >= 4 is 5.78 Å². The number of ketones is 1. The number of aliphatic hydroxyl groups excluding tert-OH is 1. The fourth-order valence-electron chi connectivity index (χ4n) is 6.38. The number of carbonyl (C=O) groups excluding carboxylic acids is 1. The van der Waals surface area contributed by atoms with Gasteiger partial charge < -0.3 is 5.11 Å². The molecule has 0 aromatic heterocycles. The number of halogens is 1. The Morgan fingerprint density at radius 2 is 1.82 bits per heavy atom. The predicted octanol–water partition coefficient (Wildman–Crippen LogP) is 3.83. The lowest BCUT2D eigenvalue weighted by Crippen LogP contribution is -2.54. The highest BCUT2D eigenvalue weighted by molar-refractivity contribution is 5.87. The van der Waals surface area contributed by atoms with E-state index in [4.69, 9.17) is 0 Å². The number of rotatable bonds is 0. The zero-order chi connectivity index (χ0) is 15.7. The van der Waals surface area contributed by atoms with Crippen LogP contribution in [0.4, 0.5) is 4.39 Å². The summed E-state index contributed by atoms with van der Waals surface area (Å²) in [7, 11) is 0. The fraction of sp³-hybridized carbons (Fsp3) is 0.842. The normalized spacial score (nSPS) is 54.3. The summed E-state index contributed by atoms with van der Waals surface area (Å²) < 4.78 is 13.8. The Bertz CT molecular complexity index is 542. The minimum absolute atomic E-state index is 0.0411. The summed E-state index contributed by atoms with van der Waals surface area (Å²) in [6.07, 6.45) is 6.32. The van der Waals surface area contributed by atoms with Gasteiger partial charge in [-0.3, -0.25) is 4.79 Å². The van der Waals surface area contributed by atoms with Crippen molar-refractivity contribution in [2.45, 2.75) is 71.1 Å². The van der Waals surface area contributed by atoms with Crippen molar-refractivity contribution in [2.24, 2.45) is 28.6 Å². The number of hydrogen-bond acceptors (Lipinski definition) is 2. The second-order valence-corrected chi connectivity index (χ2v) is 8.65. The van der Waals surface area contributed by atoms with Gasteiger partial charge in [0.2, 0.25) is 0 Å². The molecule has 122 valence electrons. The first kappa shape index (κ1) is 14.9. The Hall–Kier alpha value is -0.700. The molecule has 1 N–H and O–H groups in total.